The Bertz CT molecular complexity index is 470. The van der Waals surface area contributed by atoms with Crippen molar-refractivity contribution in [2.45, 2.75) is 6.54 Å². The van der Waals surface area contributed by atoms with Crippen LogP contribution in [0.4, 0.5) is 5.82 Å². The molecule has 0 aliphatic heterocycles. The summed E-state index contributed by atoms with van der Waals surface area (Å²) in [4.78, 5) is 4.72. The summed E-state index contributed by atoms with van der Waals surface area (Å²) in [5.41, 5.74) is 2.85. The van der Waals surface area contributed by atoms with Crippen molar-refractivity contribution in [3.63, 3.8) is 0 Å². The van der Waals surface area contributed by atoms with Gasteiger partial charge in [-0.1, -0.05) is 30.3 Å². The van der Waals surface area contributed by atoms with Crippen molar-refractivity contribution in [2.75, 3.05) is 5.32 Å². The first-order valence-electron chi connectivity index (χ1n) is 4.51. The third kappa shape index (κ3) is 2.33. The Morgan fingerprint density at radius 1 is 1.33 bits per heavy atom. The van der Waals surface area contributed by atoms with Crippen LogP contribution in [-0.4, -0.2) is 4.98 Å². The number of rotatable bonds is 3. The molecule has 0 atom stereocenters. The van der Waals surface area contributed by atoms with Crippen molar-refractivity contribution in [2.24, 2.45) is 0 Å². The second kappa shape index (κ2) is 4.58. The molecule has 0 saturated carbocycles. The normalized spacial score (nSPS) is 9.53. The summed E-state index contributed by atoms with van der Waals surface area (Å²) in [5, 5.41) is 11.9. The van der Waals surface area contributed by atoms with E-state index in [1.54, 1.807) is 5.51 Å². The highest BCUT2D eigenvalue weighted by Gasteiger charge is 2.03. The first kappa shape index (κ1) is 9.69. The SMILES string of the molecule is N#Cc1scnc1NCc1ccccc1. The average molecular weight is 215 g/mol. The number of nitrogens with zero attached hydrogens (tertiary/aromatic N) is 2. The van der Waals surface area contributed by atoms with E-state index in [4.69, 9.17) is 5.26 Å². The predicted octanol–water partition coefficient (Wildman–Crippen LogP) is 2.63. The lowest BCUT2D eigenvalue weighted by atomic mass is 10.2. The molecule has 0 fully saturated rings. The fraction of sp³-hybridized carbons (Fsp3) is 0.0909. The van der Waals surface area contributed by atoms with Crippen LogP contribution in [0.3, 0.4) is 0 Å². The molecule has 1 aromatic carbocycles. The van der Waals surface area contributed by atoms with Gasteiger partial charge in [0, 0.05) is 6.54 Å². The van der Waals surface area contributed by atoms with Gasteiger partial charge in [0.15, 0.2) is 5.82 Å². The van der Waals surface area contributed by atoms with Crippen LogP contribution in [0.5, 0.6) is 0 Å². The second-order valence-corrected chi connectivity index (χ2v) is 3.84. The molecule has 2 aromatic rings. The molecule has 0 spiro atoms. The highest BCUT2D eigenvalue weighted by atomic mass is 32.1. The zero-order valence-electron chi connectivity index (χ0n) is 7.97. The molecule has 1 heterocycles. The number of anilines is 1. The van der Waals surface area contributed by atoms with Gasteiger partial charge in [0.25, 0.3) is 0 Å². The van der Waals surface area contributed by atoms with Gasteiger partial charge in [0.2, 0.25) is 0 Å². The number of hydrogen-bond acceptors (Lipinski definition) is 4. The van der Waals surface area contributed by atoms with Gasteiger partial charge in [-0.15, -0.1) is 11.3 Å². The molecule has 3 nitrogen and oxygen atoms in total. The van der Waals surface area contributed by atoms with Crippen molar-refractivity contribution < 1.29 is 0 Å². The highest BCUT2D eigenvalue weighted by Crippen LogP contribution is 2.17. The molecule has 0 bridgehead atoms. The third-order valence-electron chi connectivity index (χ3n) is 1.97. The van der Waals surface area contributed by atoms with Crippen LogP contribution in [0, 0.1) is 11.3 Å². The van der Waals surface area contributed by atoms with Crippen LogP contribution in [0.15, 0.2) is 35.8 Å². The van der Waals surface area contributed by atoms with E-state index in [0.29, 0.717) is 17.2 Å². The van der Waals surface area contributed by atoms with Gasteiger partial charge in [0.05, 0.1) is 5.51 Å². The van der Waals surface area contributed by atoms with Gasteiger partial charge in [-0.3, -0.25) is 0 Å². The van der Waals surface area contributed by atoms with Gasteiger partial charge in [-0.05, 0) is 5.56 Å². The van der Waals surface area contributed by atoms with Crippen LogP contribution in [0.1, 0.15) is 10.4 Å². The first-order valence-corrected chi connectivity index (χ1v) is 5.39. The molecule has 74 valence electrons. The van der Waals surface area contributed by atoms with E-state index in [0.717, 1.165) is 0 Å². The average Bonchev–Trinajstić information content (AvgIpc) is 2.75. The summed E-state index contributed by atoms with van der Waals surface area (Å²) >= 11 is 1.35. The maximum absolute atomic E-state index is 8.78. The number of nitriles is 1. The minimum Gasteiger partial charge on any atom is -0.364 e. The Morgan fingerprint density at radius 3 is 2.87 bits per heavy atom. The monoisotopic (exact) mass is 215 g/mol. The first-order chi connectivity index (χ1) is 7.40. The molecule has 1 aromatic heterocycles. The van der Waals surface area contributed by atoms with Crippen LogP contribution in [0.2, 0.25) is 0 Å². The smallest absolute Gasteiger partial charge is 0.155 e. The molecule has 0 unspecified atom stereocenters. The summed E-state index contributed by atoms with van der Waals surface area (Å²) in [6, 6.07) is 12.1. The van der Waals surface area contributed by atoms with Crippen LogP contribution in [0.25, 0.3) is 0 Å². The number of benzene rings is 1. The zero-order chi connectivity index (χ0) is 10.5. The number of thiazole rings is 1. The number of aromatic nitrogens is 1. The van der Waals surface area contributed by atoms with Gasteiger partial charge in [-0.25, -0.2) is 4.98 Å². The molecular weight excluding hydrogens is 206 g/mol. The third-order valence-corrected chi connectivity index (χ3v) is 2.70. The molecule has 2 rings (SSSR count). The molecule has 0 radical (unpaired) electrons. The van der Waals surface area contributed by atoms with E-state index in [-0.39, 0.29) is 0 Å². The summed E-state index contributed by atoms with van der Waals surface area (Å²) in [7, 11) is 0. The summed E-state index contributed by atoms with van der Waals surface area (Å²) in [5.74, 6) is 0.673. The van der Waals surface area contributed by atoms with E-state index < -0.39 is 0 Å². The molecule has 0 saturated heterocycles. The molecule has 1 N–H and O–H groups in total. The van der Waals surface area contributed by atoms with Crippen LogP contribution < -0.4 is 5.32 Å². The number of nitrogens with one attached hydrogen (secondary N) is 1. The lowest BCUT2D eigenvalue weighted by molar-refractivity contribution is 1.12. The van der Waals surface area contributed by atoms with Crippen molar-refractivity contribution in [3.05, 3.63) is 46.3 Å². The molecule has 15 heavy (non-hydrogen) atoms. The van der Waals surface area contributed by atoms with Crippen LogP contribution >= 0.6 is 11.3 Å². The van der Waals surface area contributed by atoms with Crippen molar-refractivity contribution in [1.82, 2.24) is 4.98 Å². The molecule has 0 amide bonds. The summed E-state index contributed by atoms with van der Waals surface area (Å²) < 4.78 is 0. The predicted molar refractivity (Wildman–Crippen MR) is 60.6 cm³/mol. The van der Waals surface area contributed by atoms with Crippen LogP contribution in [-0.2, 0) is 6.54 Å². The van der Waals surface area contributed by atoms with E-state index in [9.17, 15) is 0 Å². The Morgan fingerprint density at radius 2 is 2.13 bits per heavy atom. The Hall–Kier alpha value is -1.86. The second-order valence-electron chi connectivity index (χ2n) is 2.98. The highest BCUT2D eigenvalue weighted by molar-refractivity contribution is 7.10. The Kier molecular flexibility index (Phi) is 2.96. The topological polar surface area (TPSA) is 48.7 Å². The largest absolute Gasteiger partial charge is 0.364 e. The summed E-state index contributed by atoms with van der Waals surface area (Å²) in [6.07, 6.45) is 0. The standard InChI is InChI=1S/C11H9N3S/c12-6-10-11(14-8-15-10)13-7-9-4-2-1-3-5-9/h1-5,8,13H,7H2. The minimum atomic E-state index is 0.630. The molecular formula is C11H9N3S. The Labute approximate surface area is 92.0 Å². The maximum Gasteiger partial charge on any atom is 0.155 e. The fourth-order valence-electron chi connectivity index (χ4n) is 1.23. The van der Waals surface area contributed by atoms with E-state index in [1.807, 2.05) is 30.3 Å². The quantitative estimate of drug-likeness (QED) is 0.856. The van der Waals surface area contributed by atoms with Gasteiger partial charge in [-0.2, -0.15) is 5.26 Å². The van der Waals surface area contributed by atoms with E-state index >= 15 is 0 Å². The van der Waals surface area contributed by atoms with Gasteiger partial charge in [0.1, 0.15) is 10.9 Å². The van der Waals surface area contributed by atoms with Gasteiger partial charge < -0.3 is 5.32 Å². The Balaban J connectivity index is 2.03. The lowest BCUT2D eigenvalue weighted by Gasteiger charge is -2.02. The summed E-state index contributed by atoms with van der Waals surface area (Å²) in [6.45, 7) is 0.694. The lowest BCUT2D eigenvalue weighted by Crippen LogP contribution is -2.00. The fourth-order valence-corrected chi connectivity index (χ4v) is 1.79. The number of hydrogen-bond donors (Lipinski definition) is 1. The molecule has 0 aliphatic rings. The zero-order valence-corrected chi connectivity index (χ0v) is 8.79. The van der Waals surface area contributed by atoms with E-state index in [1.165, 1.54) is 16.9 Å². The van der Waals surface area contributed by atoms with Crippen molar-refractivity contribution in [1.29, 1.82) is 5.26 Å². The van der Waals surface area contributed by atoms with Crippen molar-refractivity contribution >= 4 is 17.2 Å². The maximum atomic E-state index is 8.78. The molecule has 0 aliphatic carbocycles. The van der Waals surface area contributed by atoms with E-state index in [2.05, 4.69) is 16.4 Å². The van der Waals surface area contributed by atoms with Crippen molar-refractivity contribution in [3.8, 4) is 6.07 Å². The van der Waals surface area contributed by atoms with Gasteiger partial charge >= 0.3 is 0 Å². The minimum absolute atomic E-state index is 0.630. The molecule has 4 heteroatoms.